The van der Waals surface area contributed by atoms with Crippen LogP contribution in [0, 0.1) is 0 Å². The van der Waals surface area contributed by atoms with Crippen molar-refractivity contribution in [1.29, 1.82) is 0 Å². The van der Waals surface area contributed by atoms with Gasteiger partial charge in [-0.05, 0) is 54.8 Å². The van der Waals surface area contributed by atoms with Crippen molar-refractivity contribution >= 4 is 28.2 Å². The lowest BCUT2D eigenvalue weighted by atomic mass is 10.0. The number of hydrogen-bond acceptors (Lipinski definition) is 6. The van der Waals surface area contributed by atoms with Crippen molar-refractivity contribution in [3.8, 4) is 33.8 Å². The molecule has 4 rings (SSSR count). The van der Waals surface area contributed by atoms with Gasteiger partial charge in [0.25, 0.3) is 5.91 Å². The number of nitrogens with one attached hydrogen (secondary N) is 1. The lowest BCUT2D eigenvalue weighted by molar-refractivity contribution is -0.122. The fraction of sp³-hybridized carbons (Fsp3) is 0.172. The van der Waals surface area contributed by atoms with Gasteiger partial charge in [-0.2, -0.15) is 0 Å². The zero-order valence-electron chi connectivity index (χ0n) is 20.3. The van der Waals surface area contributed by atoms with Crippen LogP contribution in [0.25, 0.3) is 22.3 Å². The molecule has 1 unspecified atom stereocenters. The molecule has 184 valence electrons. The summed E-state index contributed by atoms with van der Waals surface area (Å²) in [5, 5.41) is 5.10. The summed E-state index contributed by atoms with van der Waals surface area (Å²) in [5.41, 5.74) is 3.98. The number of esters is 1. The molecule has 0 bridgehead atoms. The highest BCUT2D eigenvalue weighted by Gasteiger charge is 2.25. The molecule has 6 nitrogen and oxygen atoms in total. The van der Waals surface area contributed by atoms with Gasteiger partial charge in [-0.15, -0.1) is 11.3 Å². The van der Waals surface area contributed by atoms with Gasteiger partial charge in [-0.3, -0.25) is 4.79 Å². The first-order valence-electron chi connectivity index (χ1n) is 11.6. The van der Waals surface area contributed by atoms with Crippen LogP contribution in [-0.2, 0) is 9.53 Å². The summed E-state index contributed by atoms with van der Waals surface area (Å²) < 4.78 is 16.4. The van der Waals surface area contributed by atoms with Gasteiger partial charge in [-0.25, -0.2) is 4.79 Å². The van der Waals surface area contributed by atoms with E-state index in [0.29, 0.717) is 27.6 Å². The number of carbonyl (C=O) groups is 2. The first-order chi connectivity index (χ1) is 17.5. The van der Waals surface area contributed by atoms with E-state index in [0.717, 1.165) is 16.7 Å². The molecule has 4 aromatic rings. The Labute approximate surface area is 214 Å². The van der Waals surface area contributed by atoms with Crippen LogP contribution in [-0.4, -0.2) is 31.7 Å². The molecular formula is C29H27NO5S. The van der Waals surface area contributed by atoms with Crippen molar-refractivity contribution in [3.05, 3.63) is 89.8 Å². The first-order valence-corrected chi connectivity index (χ1v) is 12.4. The summed E-state index contributed by atoms with van der Waals surface area (Å²) in [4.78, 5) is 25.8. The molecule has 0 saturated heterocycles. The normalized spacial score (nSPS) is 11.4. The molecule has 1 atom stereocenters. The molecule has 0 aliphatic rings. The van der Waals surface area contributed by atoms with E-state index >= 15 is 0 Å². The molecule has 1 heterocycles. The van der Waals surface area contributed by atoms with Crippen molar-refractivity contribution in [2.75, 3.05) is 19.0 Å². The first kappa shape index (κ1) is 25.0. The van der Waals surface area contributed by atoms with Gasteiger partial charge in [0.05, 0.1) is 13.7 Å². The van der Waals surface area contributed by atoms with Crippen molar-refractivity contribution in [1.82, 2.24) is 0 Å². The zero-order chi connectivity index (χ0) is 25.5. The topological polar surface area (TPSA) is 73.9 Å². The number of ether oxygens (including phenoxy) is 3. The third kappa shape index (κ3) is 5.75. The molecule has 36 heavy (non-hydrogen) atoms. The Bertz CT molecular complexity index is 1310. The molecule has 1 aromatic heterocycles. The second-order valence-electron chi connectivity index (χ2n) is 7.94. The highest BCUT2D eigenvalue weighted by atomic mass is 32.1. The van der Waals surface area contributed by atoms with Crippen molar-refractivity contribution in [2.45, 2.75) is 20.0 Å². The van der Waals surface area contributed by atoms with Crippen LogP contribution in [0.3, 0.4) is 0 Å². The van der Waals surface area contributed by atoms with E-state index in [4.69, 9.17) is 14.2 Å². The number of anilines is 1. The van der Waals surface area contributed by atoms with Crippen LogP contribution in [0.4, 0.5) is 5.00 Å². The maximum Gasteiger partial charge on any atom is 0.341 e. The molecule has 0 spiro atoms. The third-order valence-electron chi connectivity index (χ3n) is 5.55. The van der Waals surface area contributed by atoms with Gasteiger partial charge < -0.3 is 19.5 Å². The Balaban J connectivity index is 1.50. The molecule has 0 saturated carbocycles. The molecule has 3 aromatic carbocycles. The fourth-order valence-electron chi connectivity index (χ4n) is 3.67. The fourth-order valence-corrected chi connectivity index (χ4v) is 4.63. The summed E-state index contributed by atoms with van der Waals surface area (Å²) >= 11 is 1.27. The number of amides is 1. The van der Waals surface area contributed by atoms with Gasteiger partial charge in [-0.1, -0.05) is 54.6 Å². The van der Waals surface area contributed by atoms with Gasteiger partial charge in [0.2, 0.25) is 0 Å². The standard InChI is InChI=1S/C29H27NO5S/c1-4-34-29(32)26-25(22-12-14-23(33-3)15-13-22)18-36-28(26)30-27(31)19(2)35-24-16-10-21(11-17-24)20-8-6-5-7-9-20/h5-19H,4H2,1-3H3,(H,30,31). The largest absolute Gasteiger partial charge is 0.497 e. The van der Waals surface area contributed by atoms with Crippen molar-refractivity contribution in [3.63, 3.8) is 0 Å². The Morgan fingerprint density at radius 2 is 1.47 bits per heavy atom. The molecule has 0 aliphatic carbocycles. The number of methoxy groups -OCH3 is 1. The maximum absolute atomic E-state index is 13.0. The van der Waals surface area contributed by atoms with Gasteiger partial charge in [0.15, 0.2) is 6.10 Å². The van der Waals surface area contributed by atoms with Crippen LogP contribution in [0.5, 0.6) is 11.5 Å². The second-order valence-corrected chi connectivity index (χ2v) is 8.82. The molecule has 0 fully saturated rings. The number of carbonyl (C=O) groups excluding carboxylic acids is 2. The molecule has 7 heteroatoms. The average molecular weight is 502 g/mol. The molecule has 1 amide bonds. The minimum absolute atomic E-state index is 0.225. The lowest BCUT2D eigenvalue weighted by Crippen LogP contribution is -2.30. The molecule has 0 radical (unpaired) electrons. The number of hydrogen-bond donors (Lipinski definition) is 1. The summed E-state index contributed by atoms with van der Waals surface area (Å²) in [7, 11) is 1.60. The van der Waals surface area contributed by atoms with E-state index in [1.165, 1.54) is 11.3 Å². The van der Waals surface area contributed by atoms with E-state index < -0.39 is 12.1 Å². The Morgan fingerprint density at radius 1 is 0.861 bits per heavy atom. The van der Waals surface area contributed by atoms with Gasteiger partial charge in [0.1, 0.15) is 22.1 Å². The maximum atomic E-state index is 13.0. The summed E-state index contributed by atoms with van der Waals surface area (Å²) in [6.07, 6.45) is -0.783. The SMILES string of the molecule is CCOC(=O)c1c(-c2ccc(OC)cc2)csc1NC(=O)C(C)Oc1ccc(-c2ccccc2)cc1. The van der Waals surface area contributed by atoms with Crippen LogP contribution in [0.15, 0.2) is 84.2 Å². The summed E-state index contributed by atoms with van der Waals surface area (Å²) in [6.45, 7) is 3.64. The van der Waals surface area contributed by atoms with E-state index in [-0.39, 0.29) is 12.5 Å². The van der Waals surface area contributed by atoms with E-state index in [1.54, 1.807) is 21.0 Å². The lowest BCUT2D eigenvalue weighted by Gasteiger charge is -2.15. The van der Waals surface area contributed by atoms with Crippen molar-refractivity contribution < 1.29 is 23.8 Å². The Hall–Kier alpha value is -4.10. The van der Waals surface area contributed by atoms with E-state index in [2.05, 4.69) is 5.32 Å². The van der Waals surface area contributed by atoms with E-state index in [9.17, 15) is 9.59 Å². The Morgan fingerprint density at radius 3 is 2.11 bits per heavy atom. The zero-order valence-corrected chi connectivity index (χ0v) is 21.1. The third-order valence-corrected chi connectivity index (χ3v) is 6.45. The highest BCUT2D eigenvalue weighted by molar-refractivity contribution is 7.15. The number of thiophene rings is 1. The highest BCUT2D eigenvalue weighted by Crippen LogP contribution is 2.37. The van der Waals surface area contributed by atoms with Crippen LogP contribution < -0.4 is 14.8 Å². The predicted octanol–water partition coefficient (Wildman–Crippen LogP) is 6.67. The second kappa shape index (κ2) is 11.6. The summed E-state index contributed by atoms with van der Waals surface area (Å²) in [5.74, 6) is 0.428. The van der Waals surface area contributed by atoms with Crippen LogP contribution in [0.1, 0.15) is 24.2 Å². The smallest absolute Gasteiger partial charge is 0.341 e. The van der Waals surface area contributed by atoms with Gasteiger partial charge >= 0.3 is 5.97 Å². The van der Waals surface area contributed by atoms with E-state index in [1.807, 2.05) is 84.2 Å². The van der Waals surface area contributed by atoms with Crippen molar-refractivity contribution in [2.24, 2.45) is 0 Å². The molecule has 1 N–H and O–H groups in total. The molecular weight excluding hydrogens is 474 g/mol. The summed E-state index contributed by atoms with van der Waals surface area (Å²) in [6, 6.07) is 25.0. The minimum Gasteiger partial charge on any atom is -0.497 e. The monoisotopic (exact) mass is 501 g/mol. The molecule has 0 aliphatic heterocycles. The number of benzene rings is 3. The van der Waals surface area contributed by atoms with Crippen LogP contribution in [0.2, 0.25) is 0 Å². The minimum atomic E-state index is -0.783. The Kier molecular flexibility index (Phi) is 8.02. The number of rotatable bonds is 9. The predicted molar refractivity (Wildman–Crippen MR) is 143 cm³/mol. The quantitative estimate of drug-likeness (QED) is 0.259. The average Bonchev–Trinajstić information content (AvgIpc) is 3.33. The van der Waals surface area contributed by atoms with Gasteiger partial charge in [0, 0.05) is 10.9 Å². The van der Waals surface area contributed by atoms with Crippen LogP contribution >= 0.6 is 11.3 Å².